The summed E-state index contributed by atoms with van der Waals surface area (Å²) in [6, 6.07) is 9.62. The van der Waals surface area contributed by atoms with Crippen molar-refractivity contribution in [1.82, 2.24) is 0 Å². The van der Waals surface area contributed by atoms with E-state index in [2.05, 4.69) is 0 Å². The van der Waals surface area contributed by atoms with E-state index in [0.717, 1.165) is 11.1 Å². The summed E-state index contributed by atoms with van der Waals surface area (Å²) in [5.41, 5.74) is 0.342. The molecule has 0 aliphatic heterocycles. The number of rotatable bonds is 3. The number of carboxylic acid groups (broad SMARTS) is 1. The van der Waals surface area contributed by atoms with Gasteiger partial charge in [0.05, 0.1) is 0 Å². The Morgan fingerprint density at radius 1 is 1.26 bits per heavy atom. The highest BCUT2D eigenvalue weighted by molar-refractivity contribution is 5.87. The molecule has 1 N–H and O–H groups in total. The Hall–Kier alpha value is -2.36. The van der Waals surface area contributed by atoms with E-state index in [-0.39, 0.29) is 6.42 Å². The number of esters is 1. The molecular formula is C15H14O4. The van der Waals surface area contributed by atoms with Gasteiger partial charge in [-0.1, -0.05) is 42.5 Å². The first kappa shape index (κ1) is 13.1. The first-order valence-corrected chi connectivity index (χ1v) is 5.91. The average molecular weight is 258 g/mol. The molecule has 19 heavy (non-hydrogen) atoms. The second-order valence-corrected chi connectivity index (χ2v) is 4.35. The molecule has 0 aromatic heterocycles. The van der Waals surface area contributed by atoms with E-state index >= 15 is 0 Å². The third-order valence-corrected chi connectivity index (χ3v) is 2.95. The van der Waals surface area contributed by atoms with Crippen LogP contribution < -0.4 is 0 Å². The van der Waals surface area contributed by atoms with E-state index in [1.54, 1.807) is 12.2 Å². The van der Waals surface area contributed by atoms with Crippen molar-refractivity contribution in [1.29, 1.82) is 0 Å². The topological polar surface area (TPSA) is 63.6 Å². The van der Waals surface area contributed by atoms with E-state index in [0.29, 0.717) is 0 Å². The molecule has 1 aromatic carbocycles. The number of carbonyl (C=O) groups excluding carboxylic acids is 1. The zero-order chi connectivity index (χ0) is 13.9. The molecule has 1 aliphatic carbocycles. The summed E-state index contributed by atoms with van der Waals surface area (Å²) in [6.07, 6.45) is 5.00. The lowest BCUT2D eigenvalue weighted by atomic mass is 9.89. The van der Waals surface area contributed by atoms with Gasteiger partial charge in [-0.15, -0.1) is 0 Å². The molecule has 1 atom stereocenters. The summed E-state index contributed by atoms with van der Waals surface area (Å²) >= 11 is 0. The fourth-order valence-electron chi connectivity index (χ4n) is 2.00. The molecular weight excluding hydrogens is 244 g/mol. The first-order chi connectivity index (χ1) is 9.03. The zero-order valence-corrected chi connectivity index (χ0v) is 10.5. The fraction of sp³-hybridized carbons (Fsp3) is 0.200. The summed E-state index contributed by atoms with van der Waals surface area (Å²) in [5, 5.41) is 9.24. The van der Waals surface area contributed by atoms with Crippen molar-refractivity contribution in [3.05, 3.63) is 54.1 Å². The lowest BCUT2D eigenvalue weighted by Crippen LogP contribution is -2.41. The number of benzene rings is 1. The van der Waals surface area contributed by atoms with Gasteiger partial charge in [0, 0.05) is 13.3 Å². The Balaban J connectivity index is 2.25. The van der Waals surface area contributed by atoms with Crippen LogP contribution in [-0.2, 0) is 14.3 Å². The van der Waals surface area contributed by atoms with E-state index < -0.39 is 17.5 Å². The van der Waals surface area contributed by atoms with Gasteiger partial charge in [0.25, 0.3) is 0 Å². The number of carbonyl (C=O) groups is 2. The number of aliphatic carboxylic acids is 1. The molecule has 0 spiro atoms. The minimum absolute atomic E-state index is 0.128. The van der Waals surface area contributed by atoms with Crippen LogP contribution in [0.3, 0.4) is 0 Å². The Bertz CT molecular complexity index is 557. The van der Waals surface area contributed by atoms with Gasteiger partial charge in [-0.05, 0) is 17.2 Å². The lowest BCUT2D eigenvalue weighted by molar-refractivity contribution is -0.171. The molecule has 1 aliphatic rings. The molecule has 0 radical (unpaired) electrons. The highest BCUT2D eigenvalue weighted by atomic mass is 16.6. The van der Waals surface area contributed by atoms with Gasteiger partial charge in [-0.3, -0.25) is 4.79 Å². The summed E-state index contributed by atoms with van der Waals surface area (Å²) in [4.78, 5) is 22.3. The summed E-state index contributed by atoms with van der Waals surface area (Å²) in [5.74, 6) is -1.77. The molecule has 4 nitrogen and oxygen atoms in total. The van der Waals surface area contributed by atoms with Crippen LogP contribution in [0.25, 0.3) is 5.57 Å². The SMILES string of the molecule is CC(=O)OC1(C(=O)O)C=CC(c2ccccc2)=CC1. The fourth-order valence-corrected chi connectivity index (χ4v) is 2.00. The Morgan fingerprint density at radius 2 is 1.95 bits per heavy atom. The number of hydrogen-bond donors (Lipinski definition) is 1. The van der Waals surface area contributed by atoms with Gasteiger partial charge < -0.3 is 9.84 Å². The van der Waals surface area contributed by atoms with Crippen LogP contribution in [0.2, 0.25) is 0 Å². The smallest absolute Gasteiger partial charge is 0.352 e. The summed E-state index contributed by atoms with van der Waals surface area (Å²) in [6.45, 7) is 1.20. The maximum absolute atomic E-state index is 11.3. The van der Waals surface area contributed by atoms with Crippen LogP contribution in [0.5, 0.6) is 0 Å². The minimum atomic E-state index is -1.58. The lowest BCUT2D eigenvalue weighted by Gasteiger charge is -2.27. The molecule has 1 aromatic rings. The zero-order valence-electron chi connectivity index (χ0n) is 10.5. The molecule has 2 rings (SSSR count). The monoisotopic (exact) mass is 258 g/mol. The van der Waals surface area contributed by atoms with Crippen LogP contribution in [0.1, 0.15) is 18.9 Å². The number of hydrogen-bond acceptors (Lipinski definition) is 3. The Morgan fingerprint density at radius 3 is 2.42 bits per heavy atom. The Labute approximate surface area is 111 Å². The van der Waals surface area contributed by atoms with Gasteiger partial charge in [-0.2, -0.15) is 0 Å². The third kappa shape index (κ3) is 2.73. The highest BCUT2D eigenvalue weighted by Crippen LogP contribution is 2.29. The van der Waals surface area contributed by atoms with Crippen molar-refractivity contribution in [3.8, 4) is 0 Å². The second kappa shape index (κ2) is 5.10. The largest absolute Gasteiger partial charge is 0.478 e. The maximum atomic E-state index is 11.3. The molecule has 0 heterocycles. The van der Waals surface area contributed by atoms with Crippen LogP contribution in [0.15, 0.2) is 48.6 Å². The molecule has 0 amide bonds. The van der Waals surface area contributed by atoms with Crippen molar-refractivity contribution in [2.45, 2.75) is 18.9 Å². The normalized spacial score (nSPS) is 21.6. The van der Waals surface area contributed by atoms with Gasteiger partial charge in [0.2, 0.25) is 5.60 Å². The van der Waals surface area contributed by atoms with Crippen molar-refractivity contribution >= 4 is 17.5 Å². The van der Waals surface area contributed by atoms with Crippen molar-refractivity contribution in [3.63, 3.8) is 0 Å². The van der Waals surface area contributed by atoms with Crippen LogP contribution in [0, 0.1) is 0 Å². The van der Waals surface area contributed by atoms with Crippen molar-refractivity contribution < 1.29 is 19.4 Å². The van der Waals surface area contributed by atoms with E-state index in [9.17, 15) is 14.7 Å². The van der Waals surface area contributed by atoms with E-state index in [1.165, 1.54) is 13.0 Å². The van der Waals surface area contributed by atoms with E-state index in [4.69, 9.17) is 4.74 Å². The van der Waals surface area contributed by atoms with Gasteiger partial charge in [0.1, 0.15) is 0 Å². The molecule has 0 bridgehead atoms. The van der Waals surface area contributed by atoms with Gasteiger partial charge >= 0.3 is 11.9 Å². The van der Waals surface area contributed by atoms with Crippen LogP contribution in [0.4, 0.5) is 0 Å². The number of carboxylic acids is 1. The summed E-state index contributed by atoms with van der Waals surface area (Å²) in [7, 11) is 0. The van der Waals surface area contributed by atoms with Crippen molar-refractivity contribution in [2.24, 2.45) is 0 Å². The minimum Gasteiger partial charge on any atom is -0.478 e. The maximum Gasteiger partial charge on any atom is 0.352 e. The quantitative estimate of drug-likeness (QED) is 0.846. The summed E-state index contributed by atoms with van der Waals surface area (Å²) < 4.78 is 4.95. The molecule has 0 saturated carbocycles. The van der Waals surface area contributed by atoms with Gasteiger partial charge in [-0.25, -0.2) is 4.79 Å². The number of allylic oxidation sites excluding steroid dienone is 2. The molecule has 0 saturated heterocycles. The third-order valence-electron chi connectivity index (χ3n) is 2.95. The second-order valence-electron chi connectivity index (χ2n) is 4.35. The van der Waals surface area contributed by atoms with Crippen LogP contribution in [-0.4, -0.2) is 22.6 Å². The van der Waals surface area contributed by atoms with Gasteiger partial charge in [0.15, 0.2) is 0 Å². The predicted molar refractivity (Wildman–Crippen MR) is 70.3 cm³/mol. The number of ether oxygens (including phenoxy) is 1. The molecule has 0 fully saturated rings. The highest BCUT2D eigenvalue weighted by Gasteiger charge is 2.40. The van der Waals surface area contributed by atoms with Crippen molar-refractivity contribution in [2.75, 3.05) is 0 Å². The molecule has 4 heteroatoms. The first-order valence-electron chi connectivity index (χ1n) is 5.91. The molecule has 98 valence electrons. The Kier molecular flexibility index (Phi) is 3.51. The average Bonchev–Trinajstić information content (AvgIpc) is 2.39. The standard InChI is InChI=1S/C15H14O4/c1-11(16)19-15(14(17)18)9-7-13(8-10-15)12-5-3-2-4-6-12/h2-9H,10H2,1H3,(H,17,18). The predicted octanol–water partition coefficient (Wildman–Crippen LogP) is 2.42. The van der Waals surface area contributed by atoms with E-state index in [1.807, 2.05) is 30.3 Å². The van der Waals surface area contributed by atoms with Crippen LogP contribution >= 0.6 is 0 Å². The molecule has 1 unspecified atom stereocenters.